The zero-order valence-corrected chi connectivity index (χ0v) is 10.2. The van der Waals surface area contributed by atoms with E-state index < -0.39 is 0 Å². The van der Waals surface area contributed by atoms with Crippen molar-refractivity contribution in [3.8, 4) is 0 Å². The first-order chi connectivity index (χ1) is 6.65. The molecular formula is C11H21ClN2O. The Morgan fingerprint density at radius 2 is 1.93 bits per heavy atom. The van der Waals surface area contributed by atoms with Crippen LogP contribution >= 0.6 is 12.4 Å². The lowest BCUT2D eigenvalue weighted by Gasteiger charge is -2.33. The van der Waals surface area contributed by atoms with Gasteiger partial charge in [0.25, 0.3) is 0 Å². The van der Waals surface area contributed by atoms with Crippen molar-refractivity contribution in [3.63, 3.8) is 0 Å². The van der Waals surface area contributed by atoms with Crippen molar-refractivity contribution in [2.75, 3.05) is 19.6 Å². The fourth-order valence-corrected chi connectivity index (χ4v) is 2.15. The highest BCUT2D eigenvalue weighted by Gasteiger charge is 2.47. The summed E-state index contributed by atoms with van der Waals surface area (Å²) in [5, 5.41) is 0. The van der Waals surface area contributed by atoms with E-state index in [1.807, 2.05) is 4.90 Å². The lowest BCUT2D eigenvalue weighted by atomic mass is 9.95. The monoisotopic (exact) mass is 232 g/mol. The summed E-state index contributed by atoms with van der Waals surface area (Å²) in [5.74, 6) is 1.03. The SMILES string of the molecule is CC1(C(=O)N2CCC(CN)CC2)CC1.Cl. The van der Waals surface area contributed by atoms with Gasteiger partial charge in [-0.05, 0) is 38.1 Å². The molecule has 2 aliphatic rings. The van der Waals surface area contributed by atoms with E-state index in [0.29, 0.717) is 11.8 Å². The molecule has 15 heavy (non-hydrogen) atoms. The zero-order chi connectivity index (χ0) is 10.2. The first-order valence-electron chi connectivity index (χ1n) is 5.65. The van der Waals surface area contributed by atoms with Crippen molar-refractivity contribution >= 4 is 18.3 Å². The minimum atomic E-state index is 0. The normalized spacial score (nSPS) is 24.5. The van der Waals surface area contributed by atoms with Crippen LogP contribution in [0.15, 0.2) is 0 Å². The van der Waals surface area contributed by atoms with Gasteiger partial charge >= 0.3 is 0 Å². The molecule has 1 aliphatic carbocycles. The van der Waals surface area contributed by atoms with E-state index in [0.717, 1.165) is 45.3 Å². The van der Waals surface area contributed by atoms with Crippen LogP contribution in [0.25, 0.3) is 0 Å². The number of halogens is 1. The van der Waals surface area contributed by atoms with Gasteiger partial charge in [0.1, 0.15) is 0 Å². The van der Waals surface area contributed by atoms with E-state index in [9.17, 15) is 4.79 Å². The first kappa shape index (κ1) is 12.8. The van der Waals surface area contributed by atoms with Crippen LogP contribution < -0.4 is 5.73 Å². The fraction of sp³-hybridized carbons (Fsp3) is 0.909. The van der Waals surface area contributed by atoms with Crippen LogP contribution in [0.5, 0.6) is 0 Å². The lowest BCUT2D eigenvalue weighted by Crippen LogP contribution is -2.43. The molecule has 2 N–H and O–H groups in total. The second kappa shape index (κ2) is 4.71. The maximum Gasteiger partial charge on any atom is 0.228 e. The minimum Gasteiger partial charge on any atom is -0.342 e. The van der Waals surface area contributed by atoms with E-state index in [1.54, 1.807) is 0 Å². The Hall–Kier alpha value is -0.280. The van der Waals surface area contributed by atoms with Gasteiger partial charge in [-0.1, -0.05) is 6.92 Å². The van der Waals surface area contributed by atoms with Gasteiger partial charge < -0.3 is 10.6 Å². The molecule has 0 spiro atoms. The molecule has 0 bridgehead atoms. The highest BCUT2D eigenvalue weighted by molar-refractivity contribution is 5.85. The molecule has 0 aromatic heterocycles. The number of carbonyl (C=O) groups excluding carboxylic acids is 1. The summed E-state index contributed by atoms with van der Waals surface area (Å²) >= 11 is 0. The zero-order valence-electron chi connectivity index (χ0n) is 9.37. The molecule has 2 fully saturated rings. The summed E-state index contributed by atoms with van der Waals surface area (Å²) in [7, 11) is 0. The molecule has 0 aromatic rings. The summed E-state index contributed by atoms with van der Waals surface area (Å²) < 4.78 is 0. The van der Waals surface area contributed by atoms with Gasteiger partial charge in [-0.15, -0.1) is 12.4 Å². The topological polar surface area (TPSA) is 46.3 Å². The quantitative estimate of drug-likeness (QED) is 0.783. The van der Waals surface area contributed by atoms with Crippen LogP contribution in [0.4, 0.5) is 0 Å². The Balaban J connectivity index is 0.00000112. The van der Waals surface area contributed by atoms with Gasteiger partial charge in [-0.25, -0.2) is 0 Å². The molecule has 1 saturated heterocycles. The standard InChI is InChI=1S/C11H20N2O.ClH/c1-11(4-5-11)10(14)13-6-2-9(8-12)3-7-13;/h9H,2-8,12H2,1H3;1H. The molecule has 4 heteroatoms. The van der Waals surface area contributed by atoms with E-state index in [2.05, 4.69) is 6.92 Å². The van der Waals surface area contributed by atoms with Gasteiger partial charge in [0.2, 0.25) is 5.91 Å². The van der Waals surface area contributed by atoms with Crippen molar-refractivity contribution in [2.45, 2.75) is 32.6 Å². The molecule has 88 valence electrons. The van der Waals surface area contributed by atoms with Gasteiger partial charge in [-0.3, -0.25) is 4.79 Å². The van der Waals surface area contributed by atoms with Crippen molar-refractivity contribution in [2.24, 2.45) is 17.1 Å². The molecule has 1 heterocycles. The average Bonchev–Trinajstić information content (AvgIpc) is 2.97. The Labute approximate surface area is 97.8 Å². The van der Waals surface area contributed by atoms with Gasteiger partial charge in [0.15, 0.2) is 0 Å². The summed E-state index contributed by atoms with van der Waals surface area (Å²) in [6.07, 6.45) is 4.36. The Morgan fingerprint density at radius 3 is 2.33 bits per heavy atom. The van der Waals surface area contributed by atoms with Crippen molar-refractivity contribution in [1.29, 1.82) is 0 Å². The van der Waals surface area contributed by atoms with Gasteiger partial charge in [0, 0.05) is 18.5 Å². The third-order valence-electron chi connectivity index (χ3n) is 3.75. The number of nitrogens with two attached hydrogens (primary N) is 1. The second-order valence-corrected chi connectivity index (χ2v) is 5.03. The summed E-state index contributed by atoms with van der Waals surface area (Å²) in [6.45, 7) is 4.72. The summed E-state index contributed by atoms with van der Waals surface area (Å²) in [6, 6.07) is 0. The average molecular weight is 233 g/mol. The number of nitrogens with zero attached hydrogens (tertiary/aromatic N) is 1. The number of carbonyl (C=O) groups is 1. The third kappa shape index (κ3) is 2.64. The Kier molecular flexibility index (Phi) is 4.01. The molecule has 1 amide bonds. The van der Waals surface area contributed by atoms with Crippen LogP contribution in [-0.4, -0.2) is 30.4 Å². The van der Waals surface area contributed by atoms with Crippen LogP contribution in [0.3, 0.4) is 0 Å². The maximum absolute atomic E-state index is 12.0. The number of amides is 1. The van der Waals surface area contributed by atoms with Gasteiger partial charge in [-0.2, -0.15) is 0 Å². The number of rotatable bonds is 2. The molecule has 0 radical (unpaired) electrons. The fourth-order valence-electron chi connectivity index (χ4n) is 2.15. The predicted molar refractivity (Wildman–Crippen MR) is 62.9 cm³/mol. The van der Waals surface area contributed by atoms with E-state index >= 15 is 0 Å². The van der Waals surface area contributed by atoms with E-state index in [-0.39, 0.29) is 17.8 Å². The largest absolute Gasteiger partial charge is 0.342 e. The lowest BCUT2D eigenvalue weighted by molar-refractivity contribution is -0.137. The third-order valence-corrected chi connectivity index (χ3v) is 3.75. The summed E-state index contributed by atoms with van der Waals surface area (Å²) in [4.78, 5) is 14.0. The van der Waals surface area contributed by atoms with Crippen molar-refractivity contribution in [1.82, 2.24) is 4.90 Å². The van der Waals surface area contributed by atoms with Crippen LogP contribution in [0, 0.1) is 11.3 Å². The maximum atomic E-state index is 12.0. The molecular weight excluding hydrogens is 212 g/mol. The van der Waals surface area contributed by atoms with Crippen LogP contribution in [0.2, 0.25) is 0 Å². The second-order valence-electron chi connectivity index (χ2n) is 5.03. The number of piperidine rings is 1. The molecule has 3 nitrogen and oxygen atoms in total. The molecule has 0 unspecified atom stereocenters. The van der Waals surface area contributed by atoms with Crippen LogP contribution in [-0.2, 0) is 4.79 Å². The summed E-state index contributed by atoms with van der Waals surface area (Å²) in [5.41, 5.74) is 5.63. The van der Waals surface area contributed by atoms with Crippen molar-refractivity contribution < 1.29 is 4.79 Å². The smallest absolute Gasteiger partial charge is 0.228 e. The highest BCUT2D eigenvalue weighted by Crippen LogP contribution is 2.46. The molecule has 0 aromatic carbocycles. The van der Waals surface area contributed by atoms with E-state index in [1.165, 1.54) is 0 Å². The van der Waals surface area contributed by atoms with E-state index in [4.69, 9.17) is 5.73 Å². The Bertz CT molecular complexity index is 233. The Morgan fingerprint density at radius 1 is 1.40 bits per heavy atom. The minimum absolute atomic E-state index is 0. The molecule has 0 atom stereocenters. The molecule has 2 rings (SSSR count). The number of likely N-dealkylation sites (tertiary alicyclic amines) is 1. The number of hydrogen-bond acceptors (Lipinski definition) is 2. The molecule has 1 saturated carbocycles. The van der Waals surface area contributed by atoms with Gasteiger partial charge in [0.05, 0.1) is 0 Å². The predicted octanol–water partition coefficient (Wildman–Crippen LogP) is 1.41. The first-order valence-corrected chi connectivity index (χ1v) is 5.65. The number of hydrogen-bond donors (Lipinski definition) is 1. The molecule has 1 aliphatic heterocycles. The van der Waals surface area contributed by atoms with Crippen molar-refractivity contribution in [3.05, 3.63) is 0 Å². The van der Waals surface area contributed by atoms with Crippen LogP contribution in [0.1, 0.15) is 32.6 Å². The highest BCUT2D eigenvalue weighted by atomic mass is 35.5.